The van der Waals surface area contributed by atoms with Gasteiger partial charge in [0.05, 0.1) is 0 Å². The molecule has 0 radical (unpaired) electrons. The first-order valence-electron chi connectivity index (χ1n) is 11.0. The Kier molecular flexibility index (Phi) is 5.38. The van der Waals surface area contributed by atoms with Gasteiger partial charge < -0.3 is 9.64 Å². The summed E-state index contributed by atoms with van der Waals surface area (Å²) in [5, 5.41) is 1.52. The van der Waals surface area contributed by atoms with Gasteiger partial charge in [-0.15, -0.1) is 0 Å². The lowest BCUT2D eigenvalue weighted by Gasteiger charge is -2.27. The Balaban J connectivity index is 1.15. The van der Waals surface area contributed by atoms with Gasteiger partial charge in [0.2, 0.25) is 0 Å². The molecule has 0 spiro atoms. The van der Waals surface area contributed by atoms with Crippen LogP contribution in [0.2, 0.25) is 0 Å². The molecule has 2 aliphatic rings. The van der Waals surface area contributed by atoms with E-state index in [0.29, 0.717) is 23.1 Å². The predicted octanol–water partition coefficient (Wildman–Crippen LogP) is 3.35. The number of carbonyl (C=O) groups is 4. The van der Waals surface area contributed by atoms with Gasteiger partial charge in [-0.25, -0.2) is 0 Å². The van der Waals surface area contributed by atoms with E-state index in [1.165, 1.54) is 4.90 Å². The third kappa shape index (κ3) is 3.75. The minimum absolute atomic E-state index is 0.00672. The van der Waals surface area contributed by atoms with Gasteiger partial charge in [-0.3, -0.25) is 24.1 Å². The van der Waals surface area contributed by atoms with E-state index in [2.05, 4.69) is 0 Å². The summed E-state index contributed by atoms with van der Waals surface area (Å²) in [5.41, 5.74) is 2.94. The van der Waals surface area contributed by atoms with E-state index in [-0.39, 0.29) is 43.7 Å². The number of imide groups is 1. The van der Waals surface area contributed by atoms with Crippen LogP contribution in [0.5, 0.6) is 0 Å². The molecule has 0 saturated carbocycles. The molecule has 0 atom stereocenters. The van der Waals surface area contributed by atoms with Crippen molar-refractivity contribution in [2.24, 2.45) is 0 Å². The van der Waals surface area contributed by atoms with E-state index in [0.717, 1.165) is 23.1 Å². The number of hydrogen-bond donors (Lipinski definition) is 0. The summed E-state index contributed by atoms with van der Waals surface area (Å²) >= 11 is 0. The Morgan fingerprint density at radius 2 is 1.58 bits per heavy atom. The van der Waals surface area contributed by atoms with Crippen molar-refractivity contribution in [3.05, 3.63) is 77.4 Å². The van der Waals surface area contributed by atoms with Crippen LogP contribution in [-0.2, 0) is 20.7 Å². The van der Waals surface area contributed by atoms with Crippen molar-refractivity contribution in [1.82, 2.24) is 4.90 Å². The maximum Gasteiger partial charge on any atom is 0.306 e. The molecule has 2 heterocycles. The van der Waals surface area contributed by atoms with Crippen molar-refractivity contribution in [1.29, 1.82) is 0 Å². The second kappa shape index (κ2) is 8.50. The van der Waals surface area contributed by atoms with Crippen molar-refractivity contribution in [2.45, 2.75) is 19.3 Å². The van der Waals surface area contributed by atoms with Gasteiger partial charge in [0, 0.05) is 41.7 Å². The fourth-order valence-corrected chi connectivity index (χ4v) is 4.55. The molecule has 7 nitrogen and oxygen atoms in total. The normalized spacial score (nSPS) is 14.5. The highest BCUT2D eigenvalue weighted by atomic mass is 16.5. The van der Waals surface area contributed by atoms with E-state index in [9.17, 15) is 19.2 Å². The van der Waals surface area contributed by atoms with Gasteiger partial charge in [0.15, 0.2) is 6.61 Å². The average Bonchev–Trinajstić information content (AvgIpc) is 3.27. The van der Waals surface area contributed by atoms with Crippen LogP contribution in [-0.4, -0.2) is 48.3 Å². The minimum Gasteiger partial charge on any atom is -0.456 e. The minimum atomic E-state index is -0.532. The number of fused-ring (bicyclic) bond motifs is 1. The standard InChI is InChI=1S/C26H22N2O5/c29-22(27-15-13-17-6-1-2-11-21(17)27)16-33-23(30)12-5-14-28-25(31)19-9-3-7-18-8-4-10-20(24(18)19)26(28)32/h1-4,6-11H,5,12-16H2. The molecule has 0 N–H and O–H groups in total. The molecule has 166 valence electrons. The molecule has 0 aromatic heterocycles. The summed E-state index contributed by atoms with van der Waals surface area (Å²) in [6.07, 6.45) is 1.05. The molecule has 3 aromatic rings. The number of nitrogens with zero attached hydrogens (tertiary/aromatic N) is 2. The van der Waals surface area contributed by atoms with Crippen molar-refractivity contribution in [2.75, 3.05) is 24.6 Å². The number of amides is 3. The van der Waals surface area contributed by atoms with Crippen molar-refractivity contribution >= 4 is 40.2 Å². The van der Waals surface area contributed by atoms with Crippen LogP contribution in [0, 0.1) is 0 Å². The summed E-state index contributed by atoms with van der Waals surface area (Å²) in [4.78, 5) is 53.3. The van der Waals surface area contributed by atoms with E-state index >= 15 is 0 Å². The lowest BCUT2D eigenvalue weighted by Crippen LogP contribution is -2.41. The zero-order chi connectivity index (χ0) is 22.9. The third-order valence-corrected chi connectivity index (χ3v) is 6.16. The number of para-hydroxylation sites is 1. The number of benzene rings is 3. The number of anilines is 1. The Hall–Kier alpha value is -4.00. The molecule has 0 aliphatic carbocycles. The second-order valence-corrected chi connectivity index (χ2v) is 8.16. The molecule has 0 fully saturated rings. The Labute approximate surface area is 190 Å². The summed E-state index contributed by atoms with van der Waals surface area (Å²) < 4.78 is 5.16. The smallest absolute Gasteiger partial charge is 0.306 e. The summed E-state index contributed by atoms with van der Waals surface area (Å²) in [6, 6.07) is 18.4. The third-order valence-electron chi connectivity index (χ3n) is 6.16. The highest BCUT2D eigenvalue weighted by Gasteiger charge is 2.32. The monoisotopic (exact) mass is 442 g/mol. The average molecular weight is 442 g/mol. The van der Waals surface area contributed by atoms with Crippen LogP contribution in [0.1, 0.15) is 39.1 Å². The molecule has 33 heavy (non-hydrogen) atoms. The Bertz CT molecular complexity index is 1250. The van der Waals surface area contributed by atoms with Crippen LogP contribution < -0.4 is 4.90 Å². The number of rotatable bonds is 6. The first kappa shape index (κ1) is 20.9. The van der Waals surface area contributed by atoms with E-state index in [1.807, 2.05) is 36.4 Å². The number of hydrogen-bond acceptors (Lipinski definition) is 5. The fourth-order valence-electron chi connectivity index (χ4n) is 4.55. The van der Waals surface area contributed by atoms with Gasteiger partial charge in [0.25, 0.3) is 17.7 Å². The molecule has 3 aromatic carbocycles. The van der Waals surface area contributed by atoms with Crippen LogP contribution in [0.15, 0.2) is 60.7 Å². The van der Waals surface area contributed by atoms with E-state index in [1.54, 1.807) is 29.2 Å². The predicted molar refractivity (Wildman–Crippen MR) is 122 cm³/mol. The number of ether oxygens (including phenoxy) is 1. The SMILES string of the molecule is O=C(CCCN1C(=O)c2cccc3cccc(c23)C1=O)OCC(=O)N1CCc2ccccc21. The van der Waals surface area contributed by atoms with Crippen LogP contribution in [0.25, 0.3) is 10.8 Å². The first-order valence-corrected chi connectivity index (χ1v) is 11.0. The molecule has 5 rings (SSSR count). The maximum absolute atomic E-state index is 12.9. The molecule has 3 amide bonds. The Morgan fingerprint density at radius 3 is 2.30 bits per heavy atom. The highest BCUT2D eigenvalue weighted by Crippen LogP contribution is 2.30. The highest BCUT2D eigenvalue weighted by molar-refractivity contribution is 6.25. The zero-order valence-electron chi connectivity index (χ0n) is 18.0. The van der Waals surface area contributed by atoms with Crippen LogP contribution in [0.4, 0.5) is 5.69 Å². The van der Waals surface area contributed by atoms with Crippen molar-refractivity contribution in [3.63, 3.8) is 0 Å². The number of carbonyl (C=O) groups excluding carboxylic acids is 4. The molecule has 0 bridgehead atoms. The van der Waals surface area contributed by atoms with Crippen molar-refractivity contribution in [3.8, 4) is 0 Å². The lowest BCUT2D eigenvalue weighted by molar-refractivity contribution is -0.147. The largest absolute Gasteiger partial charge is 0.456 e. The number of esters is 1. The van der Waals surface area contributed by atoms with Crippen LogP contribution in [0.3, 0.4) is 0 Å². The van der Waals surface area contributed by atoms with Crippen LogP contribution >= 0.6 is 0 Å². The Morgan fingerprint density at radius 1 is 0.879 bits per heavy atom. The van der Waals surface area contributed by atoms with E-state index < -0.39 is 5.97 Å². The van der Waals surface area contributed by atoms with Gasteiger partial charge in [-0.1, -0.05) is 42.5 Å². The molecule has 7 heteroatoms. The zero-order valence-corrected chi connectivity index (χ0v) is 18.0. The van der Waals surface area contributed by atoms with E-state index in [4.69, 9.17) is 4.74 Å². The molecule has 0 unspecified atom stereocenters. The summed E-state index contributed by atoms with van der Waals surface area (Å²) in [6.45, 7) is 0.345. The topological polar surface area (TPSA) is 84.0 Å². The molecule has 2 aliphatic heterocycles. The van der Waals surface area contributed by atoms with Gasteiger partial charge in [-0.2, -0.15) is 0 Å². The second-order valence-electron chi connectivity index (χ2n) is 8.16. The summed E-state index contributed by atoms with van der Waals surface area (Å²) in [5.74, 6) is -1.52. The maximum atomic E-state index is 12.9. The molecular weight excluding hydrogens is 420 g/mol. The fraction of sp³-hybridized carbons (Fsp3) is 0.231. The van der Waals surface area contributed by atoms with Gasteiger partial charge in [-0.05, 0) is 42.0 Å². The first-order chi connectivity index (χ1) is 16.0. The molecule has 0 saturated heterocycles. The van der Waals surface area contributed by atoms with Gasteiger partial charge in [0.1, 0.15) is 0 Å². The lowest BCUT2D eigenvalue weighted by atomic mass is 9.94. The summed E-state index contributed by atoms with van der Waals surface area (Å²) in [7, 11) is 0. The quantitative estimate of drug-likeness (QED) is 0.432. The van der Waals surface area contributed by atoms with Gasteiger partial charge >= 0.3 is 5.97 Å². The molecular formula is C26H22N2O5. The van der Waals surface area contributed by atoms with Crippen molar-refractivity contribution < 1.29 is 23.9 Å².